The van der Waals surface area contributed by atoms with Gasteiger partial charge in [0, 0.05) is 5.57 Å². The average Bonchev–Trinajstić information content (AvgIpc) is 2.12. The van der Waals surface area contributed by atoms with Crippen molar-refractivity contribution >= 4 is 11.8 Å². The van der Waals surface area contributed by atoms with Crippen molar-refractivity contribution in [2.75, 3.05) is 13.2 Å². The second kappa shape index (κ2) is 7.12. The van der Waals surface area contributed by atoms with E-state index in [2.05, 4.69) is 0 Å². The van der Waals surface area contributed by atoms with Gasteiger partial charge in [0.1, 0.15) is 0 Å². The van der Waals surface area contributed by atoms with Crippen LogP contribution in [0.15, 0.2) is 11.8 Å². The Morgan fingerprint density at radius 1 is 1.21 bits per heavy atom. The molecule has 0 unspecified atom stereocenters. The Bertz CT molecular complexity index is 230. The third-order valence-corrected chi connectivity index (χ3v) is 1.48. The summed E-state index contributed by atoms with van der Waals surface area (Å²) in [5.74, 6) is -0.583. The van der Waals surface area contributed by atoms with Crippen molar-refractivity contribution in [1.29, 1.82) is 0 Å². The highest BCUT2D eigenvalue weighted by Crippen LogP contribution is 2.05. The van der Waals surface area contributed by atoms with Gasteiger partial charge in [-0.25, -0.2) is 0 Å². The van der Waals surface area contributed by atoms with Crippen molar-refractivity contribution in [2.45, 2.75) is 27.2 Å². The standard InChI is InChI=1S/C10H16O4/c1-4-13-7-9(8(3)11)6-10(12)14-5-2/h7H,4-6H2,1-3H3/b9-7+. The van der Waals surface area contributed by atoms with Crippen LogP contribution in [0.5, 0.6) is 0 Å². The van der Waals surface area contributed by atoms with Gasteiger partial charge in [0.15, 0.2) is 5.78 Å². The zero-order chi connectivity index (χ0) is 11.0. The molecule has 0 atom stereocenters. The lowest BCUT2D eigenvalue weighted by Gasteiger charge is -2.03. The summed E-state index contributed by atoms with van der Waals surface area (Å²) < 4.78 is 9.66. The maximum absolute atomic E-state index is 11.1. The van der Waals surface area contributed by atoms with E-state index in [0.29, 0.717) is 18.8 Å². The van der Waals surface area contributed by atoms with Crippen LogP contribution >= 0.6 is 0 Å². The molecule has 4 heteroatoms. The van der Waals surface area contributed by atoms with Gasteiger partial charge < -0.3 is 9.47 Å². The van der Waals surface area contributed by atoms with Gasteiger partial charge in [0.25, 0.3) is 0 Å². The number of hydrogen-bond donors (Lipinski definition) is 0. The second-order valence-corrected chi connectivity index (χ2v) is 2.64. The van der Waals surface area contributed by atoms with Gasteiger partial charge in [-0.15, -0.1) is 0 Å². The Morgan fingerprint density at radius 2 is 1.86 bits per heavy atom. The maximum atomic E-state index is 11.1. The van der Waals surface area contributed by atoms with Gasteiger partial charge in [-0.1, -0.05) is 0 Å². The molecular formula is C10H16O4. The van der Waals surface area contributed by atoms with Gasteiger partial charge in [-0.3, -0.25) is 9.59 Å². The van der Waals surface area contributed by atoms with Crippen LogP contribution < -0.4 is 0 Å². The molecule has 0 heterocycles. The van der Waals surface area contributed by atoms with Crippen molar-refractivity contribution < 1.29 is 19.1 Å². The van der Waals surface area contributed by atoms with E-state index in [0.717, 1.165) is 0 Å². The Balaban J connectivity index is 4.23. The molecule has 0 spiro atoms. The molecule has 0 amide bonds. The van der Waals surface area contributed by atoms with Crippen molar-refractivity contribution in [3.63, 3.8) is 0 Å². The van der Waals surface area contributed by atoms with Crippen LogP contribution in [0.3, 0.4) is 0 Å². The molecule has 0 fully saturated rings. The monoisotopic (exact) mass is 200 g/mol. The van der Waals surface area contributed by atoms with Gasteiger partial charge >= 0.3 is 5.97 Å². The van der Waals surface area contributed by atoms with Crippen LogP contribution in [0.2, 0.25) is 0 Å². The zero-order valence-corrected chi connectivity index (χ0v) is 8.83. The highest BCUT2D eigenvalue weighted by Gasteiger charge is 2.11. The molecule has 0 aliphatic rings. The van der Waals surface area contributed by atoms with Crippen LogP contribution in [-0.2, 0) is 19.1 Å². The third kappa shape index (κ3) is 5.35. The third-order valence-electron chi connectivity index (χ3n) is 1.48. The van der Waals surface area contributed by atoms with Crippen molar-refractivity contribution in [3.8, 4) is 0 Å². The first-order valence-corrected chi connectivity index (χ1v) is 4.59. The molecule has 0 bridgehead atoms. The molecule has 0 aromatic carbocycles. The number of rotatable bonds is 6. The molecule has 0 radical (unpaired) electrons. The van der Waals surface area contributed by atoms with Gasteiger partial charge in [-0.2, -0.15) is 0 Å². The Morgan fingerprint density at radius 3 is 2.29 bits per heavy atom. The van der Waals surface area contributed by atoms with Crippen LogP contribution in [0.4, 0.5) is 0 Å². The van der Waals surface area contributed by atoms with Crippen molar-refractivity contribution in [1.82, 2.24) is 0 Å². The van der Waals surface area contributed by atoms with Crippen LogP contribution in [-0.4, -0.2) is 25.0 Å². The predicted octanol–water partition coefficient (Wildman–Crippen LogP) is 1.45. The van der Waals surface area contributed by atoms with E-state index in [4.69, 9.17) is 9.47 Å². The number of esters is 1. The Labute approximate surface area is 83.9 Å². The summed E-state index contributed by atoms with van der Waals surface area (Å²) in [5.41, 5.74) is 0.338. The Hall–Kier alpha value is -1.32. The average molecular weight is 200 g/mol. The summed E-state index contributed by atoms with van der Waals surface area (Å²) in [6.07, 6.45) is 1.29. The molecule has 4 nitrogen and oxygen atoms in total. The molecule has 0 saturated carbocycles. The fourth-order valence-electron chi connectivity index (χ4n) is 0.801. The minimum atomic E-state index is -0.409. The summed E-state index contributed by atoms with van der Waals surface area (Å²) in [5, 5.41) is 0. The topological polar surface area (TPSA) is 52.6 Å². The quantitative estimate of drug-likeness (QED) is 0.370. The summed E-state index contributed by atoms with van der Waals surface area (Å²) in [6, 6.07) is 0. The minimum Gasteiger partial charge on any atom is -0.501 e. The molecule has 0 N–H and O–H groups in total. The zero-order valence-electron chi connectivity index (χ0n) is 8.83. The number of ether oxygens (including phenoxy) is 2. The lowest BCUT2D eigenvalue weighted by molar-refractivity contribution is -0.142. The molecule has 0 saturated heterocycles. The normalized spacial score (nSPS) is 10.9. The molecule has 0 aliphatic heterocycles. The smallest absolute Gasteiger partial charge is 0.310 e. The number of Topliss-reactive ketones (excluding diaryl/α,β-unsaturated/α-hetero) is 1. The number of hydrogen-bond acceptors (Lipinski definition) is 4. The van der Waals surface area contributed by atoms with E-state index in [1.165, 1.54) is 13.2 Å². The fourth-order valence-corrected chi connectivity index (χ4v) is 0.801. The van der Waals surface area contributed by atoms with Crippen LogP contribution in [0.1, 0.15) is 27.2 Å². The molecular weight excluding hydrogens is 184 g/mol. The first kappa shape index (κ1) is 12.7. The summed E-state index contributed by atoms with van der Waals surface area (Å²) in [6.45, 7) is 5.71. The summed E-state index contributed by atoms with van der Waals surface area (Å²) in [4.78, 5) is 22.1. The lowest BCUT2D eigenvalue weighted by Crippen LogP contribution is -2.09. The van der Waals surface area contributed by atoms with Crippen molar-refractivity contribution in [2.24, 2.45) is 0 Å². The van der Waals surface area contributed by atoms with Crippen LogP contribution in [0, 0.1) is 0 Å². The molecule has 0 aromatic rings. The van der Waals surface area contributed by atoms with E-state index in [-0.39, 0.29) is 12.2 Å². The number of carbonyl (C=O) groups excluding carboxylic acids is 2. The van der Waals surface area contributed by atoms with Gasteiger partial charge in [0.05, 0.1) is 25.9 Å². The van der Waals surface area contributed by atoms with Crippen molar-refractivity contribution in [3.05, 3.63) is 11.8 Å². The van der Waals surface area contributed by atoms with Gasteiger partial charge in [0.2, 0.25) is 0 Å². The second-order valence-electron chi connectivity index (χ2n) is 2.64. The summed E-state index contributed by atoms with van der Waals surface area (Å²) in [7, 11) is 0. The molecule has 80 valence electrons. The minimum absolute atomic E-state index is 0.0246. The Kier molecular flexibility index (Phi) is 6.45. The van der Waals surface area contributed by atoms with E-state index in [1.54, 1.807) is 13.8 Å². The van der Waals surface area contributed by atoms with E-state index in [1.807, 2.05) is 0 Å². The van der Waals surface area contributed by atoms with E-state index < -0.39 is 5.97 Å². The lowest BCUT2D eigenvalue weighted by atomic mass is 10.1. The van der Waals surface area contributed by atoms with Gasteiger partial charge in [-0.05, 0) is 20.8 Å². The highest BCUT2D eigenvalue weighted by atomic mass is 16.5. The predicted molar refractivity (Wildman–Crippen MR) is 51.6 cm³/mol. The SMILES string of the molecule is CCO/C=C(\CC(=O)OCC)C(C)=O. The largest absolute Gasteiger partial charge is 0.501 e. The first-order chi connectivity index (χ1) is 6.61. The first-order valence-electron chi connectivity index (χ1n) is 4.59. The fraction of sp³-hybridized carbons (Fsp3) is 0.600. The number of carbonyl (C=O) groups is 2. The summed E-state index contributed by atoms with van der Waals surface area (Å²) >= 11 is 0. The molecule has 0 aliphatic carbocycles. The number of ketones is 1. The van der Waals surface area contributed by atoms with Crippen LogP contribution in [0.25, 0.3) is 0 Å². The maximum Gasteiger partial charge on any atom is 0.310 e. The molecule has 14 heavy (non-hydrogen) atoms. The van der Waals surface area contributed by atoms with E-state index in [9.17, 15) is 9.59 Å². The molecule has 0 rings (SSSR count). The van der Waals surface area contributed by atoms with E-state index >= 15 is 0 Å². The molecule has 0 aromatic heterocycles. The highest BCUT2D eigenvalue weighted by molar-refractivity contribution is 5.97.